The molecule has 0 bridgehead atoms. The van der Waals surface area contributed by atoms with Crippen LogP contribution in [0.2, 0.25) is 0 Å². The Kier molecular flexibility index (Phi) is 1.68. The minimum Gasteiger partial charge on any atom is -0.486 e. The van der Waals surface area contributed by atoms with Gasteiger partial charge in [0.25, 0.3) is 0 Å². The molecule has 0 aliphatic carbocycles. The lowest BCUT2D eigenvalue weighted by Crippen LogP contribution is -2.04. The summed E-state index contributed by atoms with van der Waals surface area (Å²) in [5, 5.41) is 7.75. The van der Waals surface area contributed by atoms with Gasteiger partial charge < -0.3 is 4.74 Å². The monoisotopic (exact) mass is 200 g/mol. The van der Waals surface area contributed by atoms with Crippen molar-refractivity contribution in [2.75, 3.05) is 13.2 Å². The summed E-state index contributed by atoms with van der Waals surface area (Å²) >= 11 is 0. The van der Waals surface area contributed by atoms with Crippen LogP contribution in [-0.4, -0.2) is 18.9 Å². The molecule has 0 fully saturated rings. The molecule has 0 radical (unpaired) electrons. The number of ketones is 1. The number of fused-ring (bicyclic) bond motifs is 1. The first kappa shape index (κ1) is 8.35. The van der Waals surface area contributed by atoms with Gasteiger partial charge >= 0.3 is 0 Å². The molecule has 0 aromatic heterocycles. The fourth-order valence-corrected chi connectivity index (χ4v) is 1.75. The van der Waals surface area contributed by atoms with Crippen molar-refractivity contribution >= 4 is 5.78 Å². The Morgan fingerprint density at radius 3 is 3.07 bits per heavy atom. The van der Waals surface area contributed by atoms with Crippen LogP contribution in [0.15, 0.2) is 45.8 Å². The summed E-state index contributed by atoms with van der Waals surface area (Å²) in [7, 11) is 0. The van der Waals surface area contributed by atoms with Gasteiger partial charge in [0.1, 0.15) is 18.1 Å². The number of rotatable bonds is 0. The van der Waals surface area contributed by atoms with E-state index in [1.54, 1.807) is 12.1 Å². The molecule has 3 rings (SSSR count). The maximum Gasteiger partial charge on any atom is 0.196 e. The SMILES string of the molecule is O=C1C2=C(COc3ccccc31)N=NC2. The fraction of sp³-hybridized carbons (Fsp3) is 0.182. The second-order valence-electron chi connectivity index (χ2n) is 3.44. The van der Waals surface area contributed by atoms with Crippen LogP contribution < -0.4 is 4.74 Å². The number of azo groups is 1. The Morgan fingerprint density at radius 1 is 1.27 bits per heavy atom. The summed E-state index contributed by atoms with van der Waals surface area (Å²) in [5.41, 5.74) is 1.94. The highest BCUT2D eigenvalue weighted by Crippen LogP contribution is 2.29. The number of ether oxygens (including phenoxy) is 1. The number of Topliss-reactive ketones (excluding diaryl/α,β-unsaturated/α-hetero) is 1. The topological polar surface area (TPSA) is 51.0 Å². The van der Waals surface area contributed by atoms with Gasteiger partial charge in [-0.25, -0.2) is 0 Å². The van der Waals surface area contributed by atoms with Crippen LogP contribution >= 0.6 is 0 Å². The van der Waals surface area contributed by atoms with Crippen LogP contribution in [0, 0.1) is 0 Å². The van der Waals surface area contributed by atoms with Gasteiger partial charge in [-0.3, -0.25) is 4.79 Å². The number of benzene rings is 1. The Morgan fingerprint density at radius 2 is 2.13 bits per heavy atom. The van der Waals surface area contributed by atoms with E-state index in [9.17, 15) is 4.79 Å². The zero-order valence-corrected chi connectivity index (χ0v) is 7.93. The molecule has 4 nitrogen and oxygen atoms in total. The largest absolute Gasteiger partial charge is 0.486 e. The molecule has 0 amide bonds. The number of hydrogen-bond acceptors (Lipinski definition) is 4. The maximum atomic E-state index is 12.1. The molecule has 0 saturated carbocycles. The summed E-state index contributed by atoms with van der Waals surface area (Å²) in [5.74, 6) is 0.621. The average molecular weight is 200 g/mol. The molecule has 15 heavy (non-hydrogen) atoms. The van der Waals surface area contributed by atoms with Crippen LogP contribution in [0.4, 0.5) is 0 Å². The van der Waals surface area contributed by atoms with Crippen LogP contribution in [-0.2, 0) is 0 Å². The highest BCUT2D eigenvalue weighted by Gasteiger charge is 2.26. The average Bonchev–Trinajstić information content (AvgIpc) is 2.69. The van der Waals surface area contributed by atoms with Crippen molar-refractivity contribution in [2.24, 2.45) is 10.2 Å². The number of hydrogen-bond donors (Lipinski definition) is 0. The molecule has 1 aromatic rings. The molecule has 0 saturated heterocycles. The molecule has 74 valence electrons. The Bertz CT molecular complexity index is 503. The third kappa shape index (κ3) is 1.18. The third-order valence-electron chi connectivity index (χ3n) is 2.54. The van der Waals surface area contributed by atoms with Crippen LogP contribution in [0.3, 0.4) is 0 Å². The molecule has 0 N–H and O–H groups in total. The normalized spacial score (nSPS) is 18.3. The molecule has 0 atom stereocenters. The second-order valence-corrected chi connectivity index (χ2v) is 3.44. The smallest absolute Gasteiger partial charge is 0.196 e. The third-order valence-corrected chi connectivity index (χ3v) is 2.54. The van der Waals surface area contributed by atoms with Crippen molar-refractivity contribution in [3.63, 3.8) is 0 Å². The van der Waals surface area contributed by atoms with Crippen LogP contribution in [0.1, 0.15) is 10.4 Å². The quantitative estimate of drug-likeness (QED) is 0.643. The molecule has 1 aromatic carbocycles. The van der Waals surface area contributed by atoms with E-state index in [1.807, 2.05) is 12.1 Å². The molecular formula is C11H8N2O2. The summed E-state index contributed by atoms with van der Waals surface area (Å²) < 4.78 is 5.50. The van der Waals surface area contributed by atoms with Gasteiger partial charge in [0.05, 0.1) is 17.7 Å². The molecule has 2 heterocycles. The van der Waals surface area contributed by atoms with E-state index in [-0.39, 0.29) is 5.78 Å². The first-order valence-electron chi connectivity index (χ1n) is 4.72. The van der Waals surface area contributed by atoms with Gasteiger partial charge in [0.15, 0.2) is 5.78 Å². The summed E-state index contributed by atoms with van der Waals surface area (Å²) in [6.07, 6.45) is 0. The molecule has 4 heteroatoms. The van der Waals surface area contributed by atoms with E-state index in [0.717, 1.165) is 0 Å². The van der Waals surface area contributed by atoms with Gasteiger partial charge in [-0.2, -0.15) is 10.2 Å². The molecular weight excluding hydrogens is 192 g/mol. The van der Waals surface area contributed by atoms with Gasteiger partial charge in [-0.1, -0.05) is 12.1 Å². The van der Waals surface area contributed by atoms with Crippen molar-refractivity contribution in [3.05, 3.63) is 41.1 Å². The lowest BCUT2D eigenvalue weighted by molar-refractivity contribution is 0.103. The summed E-state index contributed by atoms with van der Waals surface area (Å²) in [6, 6.07) is 7.25. The van der Waals surface area contributed by atoms with E-state index >= 15 is 0 Å². The van der Waals surface area contributed by atoms with E-state index in [4.69, 9.17) is 4.74 Å². The number of para-hydroxylation sites is 1. The van der Waals surface area contributed by atoms with Crippen LogP contribution in [0.25, 0.3) is 0 Å². The number of carbonyl (C=O) groups excluding carboxylic acids is 1. The molecule has 0 unspecified atom stereocenters. The Balaban J connectivity index is 2.14. The summed E-state index contributed by atoms with van der Waals surface area (Å²) in [6.45, 7) is 0.716. The zero-order chi connectivity index (χ0) is 10.3. The van der Waals surface area contributed by atoms with Crippen LogP contribution in [0.5, 0.6) is 5.75 Å². The number of carbonyl (C=O) groups is 1. The lowest BCUT2D eigenvalue weighted by Gasteiger charge is -2.05. The van der Waals surface area contributed by atoms with Crippen molar-refractivity contribution < 1.29 is 9.53 Å². The lowest BCUT2D eigenvalue weighted by atomic mass is 10.0. The van der Waals surface area contributed by atoms with Crippen molar-refractivity contribution in [2.45, 2.75) is 0 Å². The first-order chi connectivity index (χ1) is 7.36. The zero-order valence-electron chi connectivity index (χ0n) is 7.93. The van der Waals surface area contributed by atoms with Gasteiger partial charge in [0.2, 0.25) is 0 Å². The van der Waals surface area contributed by atoms with E-state index < -0.39 is 0 Å². The highest BCUT2D eigenvalue weighted by molar-refractivity contribution is 6.11. The van der Waals surface area contributed by atoms with Gasteiger partial charge in [0, 0.05) is 0 Å². The first-order valence-corrected chi connectivity index (χ1v) is 4.72. The highest BCUT2D eigenvalue weighted by atomic mass is 16.5. The minimum atomic E-state index is -0.0110. The predicted molar refractivity (Wildman–Crippen MR) is 53.0 cm³/mol. The maximum absolute atomic E-state index is 12.1. The minimum absolute atomic E-state index is 0.0110. The molecule has 2 aliphatic rings. The van der Waals surface area contributed by atoms with Crippen molar-refractivity contribution in [3.8, 4) is 5.75 Å². The predicted octanol–water partition coefficient (Wildman–Crippen LogP) is 1.98. The van der Waals surface area contributed by atoms with Crippen molar-refractivity contribution in [1.82, 2.24) is 0 Å². The standard InChI is InChI=1S/C11H8N2O2/c14-11-7-3-1-2-4-10(7)15-6-9-8(11)5-12-13-9/h1-4H,5-6H2. The van der Waals surface area contributed by atoms with Crippen molar-refractivity contribution in [1.29, 1.82) is 0 Å². The summed E-state index contributed by atoms with van der Waals surface area (Å²) in [4.78, 5) is 12.1. The Labute approximate surface area is 86.3 Å². The Hall–Kier alpha value is -1.97. The number of nitrogens with zero attached hydrogens (tertiary/aromatic N) is 2. The van der Waals surface area contributed by atoms with Gasteiger partial charge in [-0.15, -0.1) is 0 Å². The fourth-order valence-electron chi connectivity index (χ4n) is 1.75. The van der Waals surface area contributed by atoms with E-state index in [2.05, 4.69) is 10.2 Å². The van der Waals surface area contributed by atoms with E-state index in [0.29, 0.717) is 35.7 Å². The van der Waals surface area contributed by atoms with E-state index in [1.165, 1.54) is 0 Å². The molecule has 2 aliphatic heterocycles. The van der Waals surface area contributed by atoms with Gasteiger partial charge in [-0.05, 0) is 12.1 Å². The second kappa shape index (κ2) is 3.02. The molecule has 0 spiro atoms.